The van der Waals surface area contributed by atoms with E-state index in [2.05, 4.69) is 155 Å². The summed E-state index contributed by atoms with van der Waals surface area (Å²) < 4.78 is 5.06. The molecule has 8 aromatic rings. The van der Waals surface area contributed by atoms with E-state index in [4.69, 9.17) is 0 Å². The number of hydrogen-bond acceptors (Lipinski definition) is 2. The van der Waals surface area contributed by atoms with E-state index in [1.807, 2.05) is 11.3 Å². The van der Waals surface area contributed by atoms with E-state index < -0.39 is 0 Å². The molecule has 0 spiro atoms. The van der Waals surface area contributed by atoms with Crippen molar-refractivity contribution in [3.63, 3.8) is 0 Å². The van der Waals surface area contributed by atoms with Gasteiger partial charge in [0.2, 0.25) is 0 Å². The molecule has 2 nitrogen and oxygen atoms in total. The van der Waals surface area contributed by atoms with E-state index in [0.717, 1.165) is 17.1 Å². The number of anilines is 3. The Morgan fingerprint density at radius 3 is 1.79 bits per heavy atom. The lowest BCUT2D eigenvalue weighted by atomic mass is 10.1. The third-order valence-electron chi connectivity index (χ3n) is 7.56. The van der Waals surface area contributed by atoms with Gasteiger partial charge in [0, 0.05) is 49.0 Å². The lowest BCUT2D eigenvalue weighted by Gasteiger charge is -2.25. The maximum atomic E-state index is 2.43. The fourth-order valence-corrected chi connectivity index (χ4v) is 7.08. The van der Waals surface area contributed by atoms with Gasteiger partial charge >= 0.3 is 0 Å². The number of hydrogen-bond donors (Lipinski definition) is 0. The summed E-state index contributed by atoms with van der Waals surface area (Å²) in [5.41, 5.74) is 7.16. The second-order valence-electron chi connectivity index (χ2n) is 9.82. The fraction of sp³-hybridized carbons (Fsp3) is 0. The molecule has 0 N–H and O–H groups in total. The Morgan fingerprint density at radius 1 is 0.462 bits per heavy atom. The maximum Gasteiger partial charge on any atom is 0.0719 e. The Labute approximate surface area is 230 Å². The summed E-state index contributed by atoms with van der Waals surface area (Å²) in [5, 5.41) is 5.17. The van der Waals surface area contributed by atoms with Gasteiger partial charge < -0.3 is 9.47 Å². The van der Waals surface area contributed by atoms with Gasteiger partial charge in [-0.15, -0.1) is 11.3 Å². The molecule has 0 aliphatic heterocycles. The molecule has 6 aromatic carbocycles. The molecule has 0 saturated carbocycles. The maximum absolute atomic E-state index is 2.43. The smallest absolute Gasteiger partial charge is 0.0719 e. The molecule has 8 rings (SSSR count). The molecule has 0 atom stereocenters. The van der Waals surface area contributed by atoms with Crippen LogP contribution in [0.4, 0.5) is 17.1 Å². The van der Waals surface area contributed by atoms with Gasteiger partial charge in [-0.25, -0.2) is 0 Å². The summed E-state index contributed by atoms with van der Waals surface area (Å²) in [7, 11) is 0. The van der Waals surface area contributed by atoms with Gasteiger partial charge in [0.05, 0.1) is 15.7 Å². The number of aromatic nitrogens is 1. The molecule has 2 heterocycles. The molecule has 3 heteroatoms. The van der Waals surface area contributed by atoms with Gasteiger partial charge in [-0.05, 0) is 60.7 Å². The first-order chi connectivity index (χ1) is 19.4. The second kappa shape index (κ2) is 8.87. The van der Waals surface area contributed by atoms with Crippen molar-refractivity contribution in [1.82, 2.24) is 4.57 Å². The molecular weight excluding hydrogens is 492 g/mol. The molecule has 0 fully saturated rings. The van der Waals surface area contributed by atoms with Crippen molar-refractivity contribution in [2.75, 3.05) is 4.90 Å². The van der Waals surface area contributed by atoms with Crippen LogP contribution in [0.15, 0.2) is 146 Å². The minimum absolute atomic E-state index is 1.15. The summed E-state index contributed by atoms with van der Waals surface area (Å²) in [6.45, 7) is 0. The van der Waals surface area contributed by atoms with Gasteiger partial charge in [-0.1, -0.05) is 84.9 Å². The number of benzene rings is 6. The minimum Gasteiger partial charge on any atom is -0.310 e. The fourth-order valence-electron chi connectivity index (χ4n) is 5.86. The van der Waals surface area contributed by atoms with E-state index in [-0.39, 0.29) is 0 Å². The van der Waals surface area contributed by atoms with Gasteiger partial charge in [0.25, 0.3) is 0 Å². The normalized spacial score (nSPS) is 11.6. The van der Waals surface area contributed by atoms with Crippen LogP contribution in [0, 0.1) is 0 Å². The number of para-hydroxylation sites is 4. The van der Waals surface area contributed by atoms with E-state index >= 15 is 0 Å². The van der Waals surface area contributed by atoms with Crippen molar-refractivity contribution in [2.24, 2.45) is 0 Å². The Hall–Kier alpha value is -4.86. The van der Waals surface area contributed by atoms with Gasteiger partial charge in [-0.3, -0.25) is 0 Å². The molecule has 0 aliphatic rings. The Bertz CT molecular complexity index is 2070. The molecule has 0 saturated heterocycles. The highest BCUT2D eigenvalue weighted by Gasteiger charge is 2.19. The lowest BCUT2D eigenvalue weighted by molar-refractivity contribution is 1.19. The quantitative estimate of drug-likeness (QED) is 0.226. The highest BCUT2D eigenvalue weighted by Crippen LogP contribution is 2.45. The van der Waals surface area contributed by atoms with Crippen molar-refractivity contribution < 1.29 is 0 Å². The third-order valence-corrected chi connectivity index (χ3v) is 8.75. The summed E-state index contributed by atoms with van der Waals surface area (Å²) in [6.07, 6.45) is 0. The van der Waals surface area contributed by atoms with Crippen LogP contribution in [0.2, 0.25) is 0 Å². The first kappa shape index (κ1) is 22.2. The van der Waals surface area contributed by atoms with Crippen LogP contribution in [0.3, 0.4) is 0 Å². The summed E-state index contributed by atoms with van der Waals surface area (Å²) in [4.78, 5) is 2.34. The summed E-state index contributed by atoms with van der Waals surface area (Å²) in [5.74, 6) is 0. The topological polar surface area (TPSA) is 8.17 Å². The zero-order valence-corrected chi connectivity index (χ0v) is 22.0. The molecule has 0 amide bonds. The van der Waals surface area contributed by atoms with Crippen LogP contribution in [-0.4, -0.2) is 4.57 Å². The highest BCUT2D eigenvalue weighted by atomic mass is 32.1. The highest BCUT2D eigenvalue weighted by molar-refractivity contribution is 7.26. The predicted molar refractivity (Wildman–Crippen MR) is 168 cm³/mol. The average Bonchev–Trinajstić information content (AvgIpc) is 3.55. The molecule has 184 valence electrons. The lowest BCUT2D eigenvalue weighted by Crippen LogP contribution is -2.09. The number of nitrogens with zero attached hydrogens (tertiary/aromatic N) is 2. The number of thiophene rings is 1. The average molecular weight is 517 g/mol. The standard InChI is InChI=1S/C36H24N2S/c1-4-12-25(13-5-1)37(26-14-6-2-7-15-26)28-20-23-34-32(24-28)31-22-21-30-29-18-10-11-19-33(29)38(35(30)36(31)39-34)27-16-8-3-9-17-27/h1-24H. The van der Waals surface area contributed by atoms with Gasteiger partial charge in [0.1, 0.15) is 0 Å². The van der Waals surface area contributed by atoms with Crippen LogP contribution in [0.1, 0.15) is 0 Å². The molecular formula is C36H24N2S. The second-order valence-corrected chi connectivity index (χ2v) is 10.9. The van der Waals surface area contributed by atoms with Crippen LogP contribution in [0.25, 0.3) is 47.7 Å². The monoisotopic (exact) mass is 516 g/mol. The molecule has 0 aliphatic carbocycles. The SMILES string of the molecule is c1ccc(N(c2ccccc2)c2ccc3sc4c(ccc5c6ccccc6n(-c6ccccc6)c54)c3c2)cc1. The van der Waals surface area contributed by atoms with E-state index in [1.54, 1.807) is 0 Å². The van der Waals surface area contributed by atoms with Crippen molar-refractivity contribution in [3.8, 4) is 5.69 Å². The summed E-state index contributed by atoms with van der Waals surface area (Å²) in [6, 6.07) is 52.2. The first-order valence-electron chi connectivity index (χ1n) is 13.2. The molecule has 2 aromatic heterocycles. The zero-order valence-electron chi connectivity index (χ0n) is 21.2. The van der Waals surface area contributed by atoms with Crippen molar-refractivity contribution in [2.45, 2.75) is 0 Å². The Kier molecular flexibility index (Phi) is 5.04. The Balaban J connectivity index is 1.42. The summed E-state index contributed by atoms with van der Waals surface area (Å²) >= 11 is 1.89. The van der Waals surface area contributed by atoms with Crippen molar-refractivity contribution >= 4 is 70.4 Å². The zero-order chi connectivity index (χ0) is 25.8. The molecule has 0 unspecified atom stereocenters. The van der Waals surface area contributed by atoms with Crippen LogP contribution in [0.5, 0.6) is 0 Å². The molecule has 0 bridgehead atoms. The van der Waals surface area contributed by atoms with E-state index in [0.29, 0.717) is 0 Å². The van der Waals surface area contributed by atoms with E-state index in [9.17, 15) is 0 Å². The molecule has 39 heavy (non-hydrogen) atoms. The Morgan fingerprint density at radius 2 is 1.08 bits per heavy atom. The van der Waals surface area contributed by atoms with Gasteiger partial charge in [-0.2, -0.15) is 0 Å². The third kappa shape index (κ3) is 3.48. The predicted octanol–water partition coefficient (Wildman–Crippen LogP) is 10.6. The number of rotatable bonds is 4. The van der Waals surface area contributed by atoms with Crippen LogP contribution < -0.4 is 4.90 Å². The molecule has 0 radical (unpaired) electrons. The van der Waals surface area contributed by atoms with Crippen molar-refractivity contribution in [3.05, 3.63) is 146 Å². The van der Waals surface area contributed by atoms with E-state index in [1.165, 1.54) is 47.7 Å². The van der Waals surface area contributed by atoms with Crippen LogP contribution in [-0.2, 0) is 0 Å². The minimum atomic E-state index is 1.15. The number of fused-ring (bicyclic) bond motifs is 7. The van der Waals surface area contributed by atoms with Gasteiger partial charge in [0.15, 0.2) is 0 Å². The van der Waals surface area contributed by atoms with Crippen LogP contribution >= 0.6 is 11.3 Å². The first-order valence-corrected chi connectivity index (χ1v) is 14.0. The largest absolute Gasteiger partial charge is 0.310 e. The van der Waals surface area contributed by atoms with Crippen molar-refractivity contribution in [1.29, 1.82) is 0 Å².